The van der Waals surface area contributed by atoms with Crippen LogP contribution in [-0.4, -0.2) is 11.0 Å². The van der Waals surface area contributed by atoms with Gasteiger partial charge in [-0.2, -0.15) is 0 Å². The largest absolute Gasteiger partial charge is 0.327 e. The molecule has 0 heterocycles. The van der Waals surface area contributed by atoms with E-state index < -0.39 is 0 Å². The summed E-state index contributed by atoms with van der Waals surface area (Å²) in [6, 6.07) is 5.26. The minimum Gasteiger partial charge on any atom is -0.327 e. The quantitative estimate of drug-likeness (QED) is 0.573. The smallest absolute Gasteiger partial charge is 0.273 e. The summed E-state index contributed by atoms with van der Waals surface area (Å²) in [4.78, 5) is 10.5. The van der Waals surface area contributed by atoms with Crippen molar-refractivity contribution in [3.63, 3.8) is 0 Å². The molecular formula is C10H12N2O2. The van der Waals surface area contributed by atoms with Crippen LogP contribution in [0.5, 0.6) is 0 Å². The maximum absolute atomic E-state index is 10.8. The van der Waals surface area contributed by atoms with Gasteiger partial charge in [-0.1, -0.05) is 12.1 Å². The molecule has 0 saturated heterocycles. The van der Waals surface area contributed by atoms with Gasteiger partial charge in [-0.25, -0.2) is 0 Å². The van der Waals surface area contributed by atoms with Gasteiger partial charge in [0.25, 0.3) is 5.69 Å². The van der Waals surface area contributed by atoms with Gasteiger partial charge in [-0.15, -0.1) is 0 Å². The summed E-state index contributed by atoms with van der Waals surface area (Å²) in [5.74, 6) is 0.191. The van der Waals surface area contributed by atoms with E-state index in [1.807, 2.05) is 13.0 Å². The van der Waals surface area contributed by atoms with E-state index in [0.29, 0.717) is 0 Å². The lowest BCUT2D eigenvalue weighted by Crippen LogP contribution is -2.04. The lowest BCUT2D eigenvalue weighted by molar-refractivity contribution is -0.385. The first-order valence-corrected chi connectivity index (χ1v) is 4.60. The highest BCUT2D eigenvalue weighted by molar-refractivity contribution is 5.50. The number of nitrogens with zero attached hydrogens (tertiary/aromatic N) is 1. The van der Waals surface area contributed by atoms with Crippen molar-refractivity contribution in [2.75, 3.05) is 0 Å². The molecule has 1 aromatic rings. The lowest BCUT2D eigenvalue weighted by Gasteiger charge is -2.04. The SMILES string of the molecule is Cc1cccc([N+](=O)[O-])c1C1CC1N. The highest BCUT2D eigenvalue weighted by Gasteiger charge is 2.40. The number of nitro benzene ring substituents is 1. The second-order valence-electron chi connectivity index (χ2n) is 3.77. The van der Waals surface area contributed by atoms with Gasteiger partial charge < -0.3 is 5.73 Å². The van der Waals surface area contributed by atoms with Crippen LogP contribution in [0.2, 0.25) is 0 Å². The predicted octanol–water partition coefficient (Wildman–Crippen LogP) is 1.72. The highest BCUT2D eigenvalue weighted by atomic mass is 16.6. The van der Waals surface area contributed by atoms with E-state index in [4.69, 9.17) is 5.73 Å². The summed E-state index contributed by atoms with van der Waals surface area (Å²) < 4.78 is 0. The molecule has 0 amide bonds. The Balaban J connectivity index is 2.49. The van der Waals surface area contributed by atoms with Gasteiger partial charge in [0.05, 0.1) is 4.92 Å². The zero-order valence-corrected chi connectivity index (χ0v) is 7.93. The molecule has 14 heavy (non-hydrogen) atoms. The highest BCUT2D eigenvalue weighted by Crippen LogP contribution is 2.44. The minimum absolute atomic E-state index is 0.106. The molecule has 74 valence electrons. The van der Waals surface area contributed by atoms with Crippen LogP contribution in [0.3, 0.4) is 0 Å². The molecule has 1 aromatic carbocycles. The summed E-state index contributed by atoms with van der Waals surface area (Å²) in [7, 11) is 0. The molecule has 4 nitrogen and oxygen atoms in total. The number of nitro groups is 1. The van der Waals surface area contributed by atoms with Crippen molar-refractivity contribution in [3.8, 4) is 0 Å². The maximum Gasteiger partial charge on any atom is 0.273 e. The van der Waals surface area contributed by atoms with Crippen LogP contribution in [-0.2, 0) is 0 Å². The normalized spacial score (nSPS) is 24.7. The third-order valence-electron chi connectivity index (χ3n) is 2.71. The van der Waals surface area contributed by atoms with Gasteiger partial charge >= 0.3 is 0 Å². The molecule has 2 unspecified atom stereocenters. The van der Waals surface area contributed by atoms with Crippen molar-refractivity contribution >= 4 is 5.69 Å². The van der Waals surface area contributed by atoms with Crippen molar-refractivity contribution in [2.24, 2.45) is 5.73 Å². The average Bonchev–Trinajstić information content (AvgIpc) is 2.81. The molecule has 0 aromatic heterocycles. The number of aryl methyl sites for hydroxylation is 1. The molecule has 0 spiro atoms. The number of rotatable bonds is 2. The fourth-order valence-electron chi connectivity index (χ4n) is 1.85. The number of hydrogen-bond acceptors (Lipinski definition) is 3. The van der Waals surface area contributed by atoms with Gasteiger partial charge in [-0.05, 0) is 18.9 Å². The molecule has 1 saturated carbocycles. The van der Waals surface area contributed by atoms with Gasteiger partial charge in [-0.3, -0.25) is 10.1 Å². The van der Waals surface area contributed by atoms with E-state index in [9.17, 15) is 10.1 Å². The lowest BCUT2D eigenvalue weighted by atomic mass is 10.0. The Morgan fingerprint density at radius 3 is 2.71 bits per heavy atom. The fourth-order valence-corrected chi connectivity index (χ4v) is 1.85. The van der Waals surface area contributed by atoms with Crippen LogP contribution in [0.15, 0.2) is 18.2 Å². The molecular weight excluding hydrogens is 180 g/mol. The Hall–Kier alpha value is -1.42. The third kappa shape index (κ3) is 1.37. The van der Waals surface area contributed by atoms with Crippen LogP contribution in [0.4, 0.5) is 5.69 Å². The monoisotopic (exact) mass is 192 g/mol. The second-order valence-corrected chi connectivity index (χ2v) is 3.77. The third-order valence-corrected chi connectivity index (χ3v) is 2.71. The predicted molar refractivity (Wildman–Crippen MR) is 53.2 cm³/mol. The standard InChI is InChI=1S/C10H12N2O2/c1-6-3-2-4-9(12(13)14)10(6)7-5-8(7)11/h2-4,7-8H,5,11H2,1H3. The molecule has 1 fully saturated rings. The van der Waals surface area contributed by atoms with E-state index in [2.05, 4.69) is 0 Å². The Labute approximate surface area is 81.9 Å². The van der Waals surface area contributed by atoms with E-state index in [1.165, 1.54) is 0 Å². The molecule has 1 aliphatic carbocycles. The number of benzene rings is 1. The summed E-state index contributed by atoms with van der Waals surface area (Å²) >= 11 is 0. The van der Waals surface area contributed by atoms with Crippen molar-refractivity contribution < 1.29 is 4.92 Å². The van der Waals surface area contributed by atoms with Crippen LogP contribution in [0.25, 0.3) is 0 Å². The Morgan fingerprint density at radius 2 is 2.21 bits per heavy atom. The second kappa shape index (κ2) is 3.06. The van der Waals surface area contributed by atoms with E-state index in [1.54, 1.807) is 12.1 Å². The van der Waals surface area contributed by atoms with Crippen molar-refractivity contribution in [1.29, 1.82) is 0 Å². The Bertz CT molecular complexity index is 390. The minimum atomic E-state index is -0.326. The Kier molecular flexibility index (Phi) is 2.00. The molecule has 0 radical (unpaired) electrons. The molecule has 1 aliphatic rings. The molecule has 2 atom stereocenters. The topological polar surface area (TPSA) is 69.2 Å². The molecule has 2 rings (SSSR count). The summed E-state index contributed by atoms with van der Waals surface area (Å²) in [6.07, 6.45) is 0.867. The first-order chi connectivity index (χ1) is 6.61. The zero-order valence-electron chi connectivity index (χ0n) is 7.93. The van der Waals surface area contributed by atoms with Crippen molar-refractivity contribution in [3.05, 3.63) is 39.4 Å². The maximum atomic E-state index is 10.8. The first kappa shape index (κ1) is 9.15. The van der Waals surface area contributed by atoms with Crippen LogP contribution >= 0.6 is 0 Å². The van der Waals surface area contributed by atoms with Crippen LogP contribution < -0.4 is 5.73 Å². The summed E-state index contributed by atoms with van der Waals surface area (Å²) in [6.45, 7) is 1.90. The summed E-state index contributed by atoms with van der Waals surface area (Å²) in [5.41, 5.74) is 7.72. The van der Waals surface area contributed by atoms with Gasteiger partial charge in [0, 0.05) is 23.6 Å². The number of nitrogens with two attached hydrogens (primary N) is 1. The van der Waals surface area contributed by atoms with Gasteiger partial charge in [0.1, 0.15) is 0 Å². The fraction of sp³-hybridized carbons (Fsp3) is 0.400. The average molecular weight is 192 g/mol. The van der Waals surface area contributed by atoms with Crippen LogP contribution in [0.1, 0.15) is 23.5 Å². The molecule has 4 heteroatoms. The van der Waals surface area contributed by atoms with E-state index in [-0.39, 0.29) is 22.6 Å². The number of hydrogen-bond donors (Lipinski definition) is 1. The Morgan fingerprint density at radius 1 is 1.57 bits per heavy atom. The van der Waals surface area contributed by atoms with Crippen molar-refractivity contribution in [2.45, 2.75) is 25.3 Å². The first-order valence-electron chi connectivity index (χ1n) is 4.60. The zero-order chi connectivity index (χ0) is 10.3. The molecule has 2 N–H and O–H groups in total. The van der Waals surface area contributed by atoms with Crippen molar-refractivity contribution in [1.82, 2.24) is 0 Å². The summed E-state index contributed by atoms with van der Waals surface area (Å²) in [5, 5.41) is 10.8. The molecule has 0 aliphatic heterocycles. The van der Waals surface area contributed by atoms with E-state index >= 15 is 0 Å². The van der Waals surface area contributed by atoms with Crippen LogP contribution in [0, 0.1) is 17.0 Å². The van der Waals surface area contributed by atoms with Gasteiger partial charge in [0.2, 0.25) is 0 Å². The van der Waals surface area contributed by atoms with Gasteiger partial charge in [0.15, 0.2) is 0 Å². The molecule has 0 bridgehead atoms. The van der Waals surface area contributed by atoms with E-state index in [0.717, 1.165) is 17.5 Å².